The van der Waals surface area contributed by atoms with Crippen molar-refractivity contribution in [2.75, 3.05) is 20.2 Å². The Hall–Kier alpha value is -1.01. The predicted molar refractivity (Wildman–Crippen MR) is 40.5 cm³/mol. The molecule has 6 nitrogen and oxygen atoms in total. The lowest BCUT2D eigenvalue weighted by atomic mass is 9.92. The van der Waals surface area contributed by atoms with Crippen LogP contribution in [0.1, 0.15) is 5.82 Å². The molecule has 0 saturated carbocycles. The molecule has 1 aliphatic rings. The number of tetrazole rings is 1. The minimum Gasteiger partial charge on any atom is -0.375 e. The Morgan fingerprint density at radius 1 is 1.58 bits per heavy atom. The molecule has 0 amide bonds. The Balaban J connectivity index is 2.01. The van der Waals surface area contributed by atoms with Crippen molar-refractivity contribution >= 4 is 0 Å². The molecule has 0 aliphatic carbocycles. The summed E-state index contributed by atoms with van der Waals surface area (Å²) in [5, 5.41) is 16.8. The normalized spacial score (nSPS) is 20.4. The zero-order valence-electron chi connectivity index (χ0n) is 6.87. The van der Waals surface area contributed by atoms with Crippen molar-refractivity contribution in [3.8, 4) is 0 Å². The van der Waals surface area contributed by atoms with E-state index in [-0.39, 0.29) is 5.60 Å². The summed E-state index contributed by atoms with van der Waals surface area (Å²) in [7, 11) is 1.71. The van der Waals surface area contributed by atoms with E-state index in [0.717, 1.165) is 13.1 Å². The maximum Gasteiger partial charge on any atom is 0.177 e. The van der Waals surface area contributed by atoms with Crippen LogP contribution in [0.25, 0.3) is 0 Å². The van der Waals surface area contributed by atoms with Gasteiger partial charge in [0.25, 0.3) is 0 Å². The number of methoxy groups -OCH3 is 1. The van der Waals surface area contributed by atoms with Crippen LogP contribution in [-0.4, -0.2) is 46.4 Å². The van der Waals surface area contributed by atoms with Gasteiger partial charge in [-0.25, -0.2) is 0 Å². The maximum atomic E-state index is 5.36. The van der Waals surface area contributed by atoms with Gasteiger partial charge in [0, 0.05) is 26.6 Å². The number of hydrogen-bond acceptors (Lipinski definition) is 5. The third-order valence-corrected chi connectivity index (χ3v) is 2.20. The van der Waals surface area contributed by atoms with Crippen LogP contribution in [0, 0.1) is 0 Å². The van der Waals surface area contributed by atoms with Gasteiger partial charge in [-0.05, 0) is 0 Å². The van der Waals surface area contributed by atoms with Gasteiger partial charge < -0.3 is 10.1 Å². The molecule has 1 saturated heterocycles. The lowest BCUT2D eigenvalue weighted by molar-refractivity contribution is -0.0515. The minimum atomic E-state index is -0.107. The monoisotopic (exact) mass is 169 g/mol. The van der Waals surface area contributed by atoms with Crippen molar-refractivity contribution in [2.45, 2.75) is 12.0 Å². The van der Waals surface area contributed by atoms with Crippen molar-refractivity contribution in [3.05, 3.63) is 5.82 Å². The molecule has 0 spiro atoms. The standard InChI is InChI=1S/C6H11N5O/c1-12-6(3-7-4-6)2-5-8-10-11-9-5/h7H,2-4H2,1H3,(H,8,9,10,11). The van der Waals surface area contributed by atoms with Crippen LogP contribution in [0.5, 0.6) is 0 Å². The zero-order chi connectivity index (χ0) is 8.44. The molecule has 2 rings (SSSR count). The molecule has 1 aliphatic heterocycles. The van der Waals surface area contributed by atoms with Crippen LogP contribution < -0.4 is 5.32 Å². The topological polar surface area (TPSA) is 75.7 Å². The van der Waals surface area contributed by atoms with E-state index in [4.69, 9.17) is 4.74 Å². The first-order chi connectivity index (χ1) is 5.85. The molecule has 1 aromatic rings. The van der Waals surface area contributed by atoms with E-state index in [1.807, 2.05) is 0 Å². The van der Waals surface area contributed by atoms with Crippen LogP contribution in [0.2, 0.25) is 0 Å². The lowest BCUT2D eigenvalue weighted by Gasteiger charge is -2.40. The first-order valence-electron chi connectivity index (χ1n) is 3.83. The second-order valence-electron chi connectivity index (χ2n) is 3.00. The molecular formula is C6H11N5O. The average molecular weight is 169 g/mol. The third kappa shape index (κ3) is 1.19. The second-order valence-corrected chi connectivity index (χ2v) is 3.00. The molecule has 6 heteroatoms. The highest BCUT2D eigenvalue weighted by atomic mass is 16.5. The molecule has 1 fully saturated rings. The quantitative estimate of drug-likeness (QED) is 0.590. The van der Waals surface area contributed by atoms with E-state index in [9.17, 15) is 0 Å². The summed E-state index contributed by atoms with van der Waals surface area (Å²) in [5.74, 6) is 0.707. The summed E-state index contributed by atoms with van der Waals surface area (Å²) in [6.07, 6.45) is 0.715. The molecule has 0 aromatic carbocycles. The Morgan fingerprint density at radius 2 is 2.42 bits per heavy atom. The van der Waals surface area contributed by atoms with Gasteiger partial charge in [-0.1, -0.05) is 5.21 Å². The van der Waals surface area contributed by atoms with E-state index in [2.05, 4.69) is 25.9 Å². The Bertz CT molecular complexity index is 237. The third-order valence-electron chi connectivity index (χ3n) is 2.20. The van der Waals surface area contributed by atoms with Gasteiger partial charge in [0.2, 0.25) is 0 Å². The van der Waals surface area contributed by atoms with Gasteiger partial charge in [-0.3, -0.25) is 0 Å². The lowest BCUT2D eigenvalue weighted by Crippen LogP contribution is -2.62. The van der Waals surface area contributed by atoms with E-state index in [1.54, 1.807) is 7.11 Å². The molecule has 0 unspecified atom stereocenters. The van der Waals surface area contributed by atoms with Crippen LogP contribution in [0.3, 0.4) is 0 Å². The summed E-state index contributed by atoms with van der Waals surface area (Å²) in [5.41, 5.74) is -0.107. The highest BCUT2D eigenvalue weighted by molar-refractivity contribution is 5.01. The van der Waals surface area contributed by atoms with Crippen LogP contribution in [-0.2, 0) is 11.2 Å². The number of aromatic nitrogens is 4. The highest BCUT2D eigenvalue weighted by Crippen LogP contribution is 2.19. The fourth-order valence-electron chi connectivity index (χ4n) is 1.29. The number of hydrogen-bond donors (Lipinski definition) is 2. The number of rotatable bonds is 3. The SMILES string of the molecule is COC1(Cc2nn[nH]n2)CNC1. The molecule has 0 atom stereocenters. The fraction of sp³-hybridized carbons (Fsp3) is 0.833. The van der Waals surface area contributed by atoms with Gasteiger partial charge in [0.15, 0.2) is 5.82 Å². The number of nitrogens with zero attached hydrogens (tertiary/aromatic N) is 3. The van der Waals surface area contributed by atoms with Crippen LogP contribution in [0.4, 0.5) is 0 Å². The van der Waals surface area contributed by atoms with E-state index >= 15 is 0 Å². The second kappa shape index (κ2) is 2.80. The van der Waals surface area contributed by atoms with Crippen molar-refractivity contribution < 1.29 is 4.74 Å². The summed E-state index contributed by atoms with van der Waals surface area (Å²) in [6, 6.07) is 0. The Morgan fingerprint density at radius 3 is 2.83 bits per heavy atom. The number of ether oxygens (including phenoxy) is 1. The minimum absolute atomic E-state index is 0.107. The summed E-state index contributed by atoms with van der Waals surface area (Å²) in [4.78, 5) is 0. The van der Waals surface area contributed by atoms with Crippen molar-refractivity contribution in [1.82, 2.24) is 25.9 Å². The van der Waals surface area contributed by atoms with Crippen molar-refractivity contribution in [2.24, 2.45) is 0 Å². The molecule has 12 heavy (non-hydrogen) atoms. The number of nitrogens with one attached hydrogen (secondary N) is 2. The number of H-pyrrole nitrogens is 1. The Kier molecular flexibility index (Phi) is 1.78. The van der Waals surface area contributed by atoms with Crippen LogP contribution in [0.15, 0.2) is 0 Å². The fourth-order valence-corrected chi connectivity index (χ4v) is 1.29. The molecular weight excluding hydrogens is 158 g/mol. The summed E-state index contributed by atoms with van der Waals surface area (Å²) < 4.78 is 5.36. The molecule has 1 aromatic heterocycles. The zero-order valence-corrected chi connectivity index (χ0v) is 6.87. The van der Waals surface area contributed by atoms with Gasteiger partial charge in [0.05, 0.1) is 5.60 Å². The van der Waals surface area contributed by atoms with Crippen LogP contribution >= 0.6 is 0 Å². The largest absolute Gasteiger partial charge is 0.375 e. The highest BCUT2D eigenvalue weighted by Gasteiger charge is 2.38. The molecule has 2 heterocycles. The van der Waals surface area contributed by atoms with Gasteiger partial charge in [0.1, 0.15) is 0 Å². The molecule has 66 valence electrons. The smallest absolute Gasteiger partial charge is 0.177 e. The molecule has 0 radical (unpaired) electrons. The first-order valence-corrected chi connectivity index (χ1v) is 3.83. The van der Waals surface area contributed by atoms with Crippen molar-refractivity contribution in [3.63, 3.8) is 0 Å². The van der Waals surface area contributed by atoms with E-state index in [0.29, 0.717) is 12.2 Å². The van der Waals surface area contributed by atoms with Crippen molar-refractivity contribution in [1.29, 1.82) is 0 Å². The van der Waals surface area contributed by atoms with E-state index < -0.39 is 0 Å². The van der Waals surface area contributed by atoms with Gasteiger partial charge in [-0.15, -0.1) is 10.2 Å². The van der Waals surface area contributed by atoms with Gasteiger partial charge >= 0.3 is 0 Å². The van der Waals surface area contributed by atoms with E-state index in [1.165, 1.54) is 0 Å². The molecule has 2 N–H and O–H groups in total. The molecule has 0 bridgehead atoms. The summed E-state index contributed by atoms with van der Waals surface area (Å²) >= 11 is 0. The predicted octanol–water partition coefficient (Wildman–Crippen LogP) is -1.27. The average Bonchev–Trinajstić information content (AvgIpc) is 2.49. The Labute approximate surface area is 69.7 Å². The van der Waals surface area contributed by atoms with Gasteiger partial charge in [-0.2, -0.15) is 5.21 Å². The first kappa shape index (κ1) is 7.63. The maximum absolute atomic E-state index is 5.36. The number of aromatic amines is 1. The summed E-state index contributed by atoms with van der Waals surface area (Å²) in [6.45, 7) is 1.72.